The Morgan fingerprint density at radius 1 is 0.833 bits per heavy atom. The van der Waals surface area contributed by atoms with Crippen molar-refractivity contribution in [3.63, 3.8) is 0 Å². The maximum atomic E-state index is 13.4. The molecule has 3 aromatic carbocycles. The Hall–Kier alpha value is -2.76. The van der Waals surface area contributed by atoms with Crippen molar-refractivity contribution >= 4 is 43.2 Å². The largest absolute Gasteiger partial charge is 0.325 e. The second-order valence-corrected chi connectivity index (χ2v) is 13.1. The molecule has 0 aliphatic carbocycles. The summed E-state index contributed by atoms with van der Waals surface area (Å²) >= 11 is 5.92. The fraction of sp³-hybridized carbons (Fsp3) is 0.240. The Morgan fingerprint density at radius 3 is 2.00 bits per heavy atom. The van der Waals surface area contributed by atoms with Crippen molar-refractivity contribution in [1.82, 2.24) is 8.61 Å². The van der Waals surface area contributed by atoms with E-state index in [2.05, 4.69) is 5.32 Å². The van der Waals surface area contributed by atoms with E-state index < -0.39 is 32.5 Å². The molecule has 192 valence electrons. The number of hydrogen-bond acceptors (Lipinski definition) is 5. The fourth-order valence-corrected chi connectivity index (χ4v) is 5.77. The summed E-state index contributed by atoms with van der Waals surface area (Å²) in [6.45, 7) is 3.12. The van der Waals surface area contributed by atoms with Crippen LogP contribution in [0, 0.1) is 13.8 Å². The molecule has 0 bridgehead atoms. The van der Waals surface area contributed by atoms with E-state index in [0.717, 1.165) is 14.2 Å². The average Bonchev–Trinajstić information content (AvgIpc) is 2.81. The van der Waals surface area contributed by atoms with E-state index in [-0.39, 0.29) is 22.0 Å². The zero-order chi connectivity index (χ0) is 26.7. The third-order valence-electron chi connectivity index (χ3n) is 5.51. The third kappa shape index (κ3) is 6.51. The molecule has 3 aromatic rings. The summed E-state index contributed by atoms with van der Waals surface area (Å²) in [5.74, 6) is -0.609. The van der Waals surface area contributed by atoms with Crippen LogP contribution in [0.2, 0.25) is 5.02 Å². The number of anilines is 1. The van der Waals surface area contributed by atoms with Crippen LogP contribution in [-0.4, -0.2) is 52.0 Å². The zero-order valence-corrected chi connectivity index (χ0v) is 22.8. The molecule has 11 heteroatoms. The Balaban J connectivity index is 1.92. The molecule has 0 aliphatic heterocycles. The number of carbonyl (C=O) groups is 1. The first-order valence-electron chi connectivity index (χ1n) is 10.9. The van der Waals surface area contributed by atoms with Crippen LogP contribution in [0.15, 0.2) is 76.5 Å². The molecular weight excluding hydrogens is 522 g/mol. The number of sulfonamides is 2. The first kappa shape index (κ1) is 27.8. The average molecular weight is 550 g/mol. The minimum atomic E-state index is -4.05. The van der Waals surface area contributed by atoms with Crippen LogP contribution < -0.4 is 5.32 Å². The van der Waals surface area contributed by atoms with Crippen molar-refractivity contribution in [1.29, 1.82) is 0 Å². The number of nitrogens with zero attached hydrogens (tertiary/aromatic N) is 2. The van der Waals surface area contributed by atoms with Crippen LogP contribution in [0.5, 0.6) is 0 Å². The van der Waals surface area contributed by atoms with E-state index in [4.69, 9.17) is 11.6 Å². The van der Waals surface area contributed by atoms with Crippen molar-refractivity contribution in [3.05, 3.63) is 88.4 Å². The van der Waals surface area contributed by atoms with Gasteiger partial charge >= 0.3 is 0 Å². The summed E-state index contributed by atoms with van der Waals surface area (Å²) in [5.41, 5.74) is 2.64. The Kier molecular flexibility index (Phi) is 8.58. The molecule has 0 saturated carbocycles. The molecule has 0 atom stereocenters. The monoisotopic (exact) mass is 549 g/mol. The second-order valence-electron chi connectivity index (χ2n) is 8.52. The maximum absolute atomic E-state index is 13.4. The zero-order valence-electron chi connectivity index (χ0n) is 20.4. The number of halogens is 1. The Labute approximate surface area is 217 Å². The summed E-state index contributed by atoms with van der Waals surface area (Å²) in [6, 6.07) is 17.4. The van der Waals surface area contributed by atoms with Gasteiger partial charge in [0.1, 0.15) is 0 Å². The lowest BCUT2D eigenvalue weighted by molar-refractivity contribution is -0.116. The second kappa shape index (κ2) is 11.1. The molecule has 8 nitrogen and oxygen atoms in total. The molecule has 0 heterocycles. The highest BCUT2D eigenvalue weighted by atomic mass is 35.5. The van der Waals surface area contributed by atoms with Crippen molar-refractivity contribution < 1.29 is 21.6 Å². The third-order valence-corrected chi connectivity index (χ3v) is 9.38. The predicted molar refractivity (Wildman–Crippen MR) is 141 cm³/mol. The van der Waals surface area contributed by atoms with Crippen molar-refractivity contribution in [2.75, 3.05) is 26.0 Å². The number of rotatable bonds is 9. The first-order valence-corrected chi connectivity index (χ1v) is 14.2. The van der Waals surface area contributed by atoms with Gasteiger partial charge in [-0.05, 0) is 61.4 Å². The molecule has 36 heavy (non-hydrogen) atoms. The van der Waals surface area contributed by atoms with Gasteiger partial charge in [-0.1, -0.05) is 47.5 Å². The first-order chi connectivity index (χ1) is 16.8. The molecule has 3 rings (SSSR count). The van der Waals surface area contributed by atoms with Crippen LogP contribution in [0.3, 0.4) is 0 Å². The van der Waals surface area contributed by atoms with Crippen molar-refractivity contribution in [2.45, 2.75) is 30.2 Å². The predicted octanol–water partition coefficient (Wildman–Crippen LogP) is 4.04. The number of hydrogen-bond donors (Lipinski definition) is 1. The summed E-state index contributed by atoms with van der Waals surface area (Å²) in [7, 11) is -4.94. The van der Waals surface area contributed by atoms with Gasteiger partial charge in [0, 0.05) is 31.4 Å². The van der Waals surface area contributed by atoms with Crippen molar-refractivity contribution in [3.8, 4) is 0 Å². The summed E-state index contributed by atoms with van der Waals surface area (Å²) in [6.07, 6.45) is 0. The topological polar surface area (TPSA) is 104 Å². The minimum Gasteiger partial charge on any atom is -0.325 e. The number of aryl methyl sites for hydroxylation is 2. The van der Waals surface area contributed by atoms with E-state index in [0.29, 0.717) is 16.1 Å². The number of amides is 1. The summed E-state index contributed by atoms with van der Waals surface area (Å²) in [5, 5.41) is 3.06. The molecule has 1 N–H and O–H groups in total. The van der Waals surface area contributed by atoms with Gasteiger partial charge in [0.05, 0.1) is 16.3 Å². The van der Waals surface area contributed by atoms with Gasteiger partial charge in [-0.2, -0.15) is 4.31 Å². The van der Waals surface area contributed by atoms with Crippen molar-refractivity contribution in [2.24, 2.45) is 0 Å². The van der Waals surface area contributed by atoms with Gasteiger partial charge in [0.2, 0.25) is 26.0 Å². The maximum Gasteiger partial charge on any atom is 0.243 e. The smallest absolute Gasteiger partial charge is 0.243 e. The molecule has 0 aromatic heterocycles. The van der Waals surface area contributed by atoms with Gasteiger partial charge in [0.25, 0.3) is 0 Å². The van der Waals surface area contributed by atoms with Gasteiger partial charge < -0.3 is 5.32 Å². The van der Waals surface area contributed by atoms with Crippen LogP contribution >= 0.6 is 11.6 Å². The Bertz CT molecular complexity index is 1450. The molecular formula is C25H28ClN3O5S2. The highest BCUT2D eigenvalue weighted by Gasteiger charge is 2.27. The SMILES string of the molecule is Cc1ccc(CN(CC(=O)Nc2cc(S(=O)(=O)N(C)C)ccc2C)S(=O)(=O)c2ccc(Cl)cc2)cc1. The summed E-state index contributed by atoms with van der Waals surface area (Å²) in [4.78, 5) is 13.1. The standard InChI is InChI=1S/C25H28ClN3O5S2/c1-18-5-8-20(9-6-18)16-29(36(33,34)22-13-10-21(26)11-14-22)17-25(30)27-24-15-23(12-7-19(24)2)35(31,32)28(3)4/h5-15H,16-17H2,1-4H3,(H,27,30). The van der Waals surface area contributed by atoms with Gasteiger partial charge in [0.15, 0.2) is 0 Å². The number of benzene rings is 3. The van der Waals surface area contributed by atoms with E-state index >= 15 is 0 Å². The highest BCUT2D eigenvalue weighted by molar-refractivity contribution is 7.89. The molecule has 0 saturated heterocycles. The lowest BCUT2D eigenvalue weighted by Crippen LogP contribution is -2.37. The lowest BCUT2D eigenvalue weighted by Gasteiger charge is -2.22. The van der Waals surface area contributed by atoms with E-state index in [1.807, 2.05) is 19.1 Å². The quantitative estimate of drug-likeness (QED) is 0.434. The lowest BCUT2D eigenvalue weighted by atomic mass is 10.1. The normalized spacial score (nSPS) is 12.2. The van der Waals surface area contributed by atoms with E-state index in [1.165, 1.54) is 50.5 Å². The minimum absolute atomic E-state index is 0.00191. The van der Waals surface area contributed by atoms with E-state index in [1.54, 1.807) is 25.1 Å². The fourth-order valence-electron chi connectivity index (χ4n) is 3.34. The van der Waals surface area contributed by atoms with Gasteiger partial charge in [-0.25, -0.2) is 21.1 Å². The van der Waals surface area contributed by atoms with Gasteiger partial charge in [-0.15, -0.1) is 0 Å². The van der Waals surface area contributed by atoms with Gasteiger partial charge in [-0.3, -0.25) is 4.79 Å². The molecule has 0 fully saturated rings. The highest BCUT2D eigenvalue weighted by Crippen LogP contribution is 2.24. The number of carbonyl (C=O) groups excluding carboxylic acids is 1. The molecule has 0 unspecified atom stereocenters. The van der Waals surface area contributed by atoms with Crippen LogP contribution in [0.1, 0.15) is 16.7 Å². The van der Waals surface area contributed by atoms with E-state index in [9.17, 15) is 21.6 Å². The van der Waals surface area contributed by atoms with Crippen LogP contribution in [-0.2, 0) is 31.4 Å². The Morgan fingerprint density at radius 2 is 1.42 bits per heavy atom. The van der Waals surface area contributed by atoms with Crippen LogP contribution in [0.4, 0.5) is 5.69 Å². The molecule has 0 aliphatic rings. The van der Waals surface area contributed by atoms with Crippen LogP contribution in [0.25, 0.3) is 0 Å². The molecule has 1 amide bonds. The summed E-state index contributed by atoms with van der Waals surface area (Å²) < 4.78 is 54.1. The molecule has 0 radical (unpaired) electrons. The number of nitrogens with one attached hydrogen (secondary N) is 1. The molecule has 0 spiro atoms.